The van der Waals surface area contributed by atoms with Crippen LogP contribution in [-0.4, -0.2) is 25.7 Å². The third-order valence-corrected chi connectivity index (χ3v) is 3.26. The van der Waals surface area contributed by atoms with Crippen LogP contribution in [0.1, 0.15) is 25.7 Å². The summed E-state index contributed by atoms with van der Waals surface area (Å²) in [5.41, 5.74) is 0.850. The first-order valence-electron chi connectivity index (χ1n) is 5.33. The molecule has 0 bridgehead atoms. The van der Waals surface area contributed by atoms with Gasteiger partial charge in [0.2, 0.25) is 0 Å². The van der Waals surface area contributed by atoms with E-state index < -0.39 is 0 Å². The van der Waals surface area contributed by atoms with Gasteiger partial charge >= 0.3 is 5.97 Å². The lowest BCUT2D eigenvalue weighted by Crippen LogP contribution is -2.42. The lowest BCUT2D eigenvalue weighted by Gasteiger charge is -2.35. The molecule has 14 heavy (non-hydrogen) atoms. The Morgan fingerprint density at radius 1 is 1.57 bits per heavy atom. The molecule has 3 nitrogen and oxygen atoms in total. The monoisotopic (exact) mass is 195 g/mol. The molecule has 0 radical (unpaired) electrons. The summed E-state index contributed by atoms with van der Waals surface area (Å²) >= 11 is 0. The number of carbonyl (C=O) groups excluding carboxylic acids is 1. The second kappa shape index (κ2) is 4.13. The van der Waals surface area contributed by atoms with Crippen LogP contribution in [0.4, 0.5) is 0 Å². The van der Waals surface area contributed by atoms with Crippen molar-refractivity contribution in [3.8, 4) is 0 Å². The van der Waals surface area contributed by atoms with Gasteiger partial charge in [-0.3, -0.25) is 0 Å². The molecule has 2 aliphatic rings. The van der Waals surface area contributed by atoms with E-state index in [1.807, 2.05) is 0 Å². The van der Waals surface area contributed by atoms with E-state index in [1.54, 1.807) is 0 Å². The Balaban J connectivity index is 2.02. The van der Waals surface area contributed by atoms with Crippen molar-refractivity contribution in [3.63, 3.8) is 0 Å². The van der Waals surface area contributed by atoms with Gasteiger partial charge in [-0.05, 0) is 31.7 Å². The molecule has 0 amide bonds. The predicted molar refractivity (Wildman–Crippen MR) is 53.8 cm³/mol. The van der Waals surface area contributed by atoms with E-state index in [-0.39, 0.29) is 5.97 Å². The Hall–Kier alpha value is -0.830. The number of hydrogen-bond acceptors (Lipinski definition) is 3. The van der Waals surface area contributed by atoms with E-state index in [9.17, 15) is 4.79 Å². The molecule has 2 rings (SSSR count). The highest BCUT2D eigenvalue weighted by Gasteiger charge is 2.28. The maximum absolute atomic E-state index is 11.3. The second-order valence-corrected chi connectivity index (χ2v) is 4.10. The van der Waals surface area contributed by atoms with Crippen LogP contribution < -0.4 is 5.32 Å². The molecule has 1 fully saturated rings. The van der Waals surface area contributed by atoms with Crippen LogP contribution in [0.25, 0.3) is 0 Å². The summed E-state index contributed by atoms with van der Waals surface area (Å²) in [6.45, 7) is 0.905. The average molecular weight is 195 g/mol. The molecule has 0 saturated heterocycles. The summed E-state index contributed by atoms with van der Waals surface area (Å²) < 4.78 is 4.73. The molecule has 0 aromatic rings. The predicted octanol–water partition coefficient (Wildman–Crippen LogP) is 1.25. The molecule has 0 spiro atoms. The SMILES string of the molecule is COC(=O)C1=CC(C2CCC2)NCC1. The van der Waals surface area contributed by atoms with Gasteiger partial charge in [-0.15, -0.1) is 0 Å². The number of hydrogen-bond donors (Lipinski definition) is 1. The maximum Gasteiger partial charge on any atom is 0.333 e. The minimum atomic E-state index is -0.157. The molecule has 1 heterocycles. The standard InChI is InChI=1S/C11H17NO2/c1-14-11(13)9-5-6-12-10(7-9)8-3-2-4-8/h7-8,10,12H,2-6H2,1H3. The normalized spacial score (nSPS) is 27.8. The number of ether oxygens (including phenoxy) is 1. The minimum absolute atomic E-state index is 0.157. The fourth-order valence-corrected chi connectivity index (χ4v) is 2.14. The lowest BCUT2D eigenvalue weighted by molar-refractivity contribution is -0.136. The third-order valence-electron chi connectivity index (χ3n) is 3.26. The molecule has 1 N–H and O–H groups in total. The molecule has 1 saturated carbocycles. The van der Waals surface area contributed by atoms with Gasteiger partial charge in [0.15, 0.2) is 0 Å². The molecule has 1 aliphatic heterocycles. The summed E-state index contributed by atoms with van der Waals surface area (Å²) in [5.74, 6) is 0.589. The fourth-order valence-electron chi connectivity index (χ4n) is 2.14. The van der Waals surface area contributed by atoms with Crippen molar-refractivity contribution in [1.82, 2.24) is 5.32 Å². The molecule has 0 aromatic carbocycles. The van der Waals surface area contributed by atoms with Gasteiger partial charge in [0.1, 0.15) is 0 Å². The first kappa shape index (κ1) is 9.71. The maximum atomic E-state index is 11.3. The highest BCUT2D eigenvalue weighted by Crippen LogP contribution is 2.31. The highest BCUT2D eigenvalue weighted by atomic mass is 16.5. The second-order valence-electron chi connectivity index (χ2n) is 4.10. The number of carbonyl (C=O) groups is 1. The largest absolute Gasteiger partial charge is 0.466 e. The number of nitrogens with one attached hydrogen (secondary N) is 1. The van der Waals surface area contributed by atoms with E-state index in [4.69, 9.17) is 4.74 Å². The van der Waals surface area contributed by atoms with Crippen molar-refractivity contribution in [1.29, 1.82) is 0 Å². The van der Waals surface area contributed by atoms with E-state index in [2.05, 4.69) is 11.4 Å². The molecular formula is C11H17NO2. The van der Waals surface area contributed by atoms with Crippen LogP contribution in [0.3, 0.4) is 0 Å². The van der Waals surface area contributed by atoms with Gasteiger partial charge in [0, 0.05) is 11.6 Å². The Bertz CT molecular complexity index is 256. The van der Waals surface area contributed by atoms with Gasteiger partial charge in [-0.1, -0.05) is 12.5 Å². The van der Waals surface area contributed by atoms with Crippen LogP contribution in [0.5, 0.6) is 0 Å². The number of rotatable bonds is 2. The zero-order valence-corrected chi connectivity index (χ0v) is 8.58. The first-order valence-corrected chi connectivity index (χ1v) is 5.33. The fraction of sp³-hybridized carbons (Fsp3) is 0.727. The molecule has 1 atom stereocenters. The van der Waals surface area contributed by atoms with Gasteiger partial charge in [0.05, 0.1) is 7.11 Å². The van der Waals surface area contributed by atoms with Crippen molar-refractivity contribution < 1.29 is 9.53 Å². The summed E-state index contributed by atoms with van der Waals surface area (Å²) in [7, 11) is 1.45. The summed E-state index contributed by atoms with van der Waals surface area (Å²) in [5, 5.41) is 3.45. The van der Waals surface area contributed by atoms with Gasteiger partial charge < -0.3 is 10.1 Å². The Kier molecular flexibility index (Phi) is 2.87. The highest BCUT2D eigenvalue weighted by molar-refractivity contribution is 5.88. The number of methoxy groups -OCH3 is 1. The number of esters is 1. The molecule has 1 unspecified atom stereocenters. The van der Waals surface area contributed by atoms with Crippen LogP contribution in [0.15, 0.2) is 11.6 Å². The zero-order chi connectivity index (χ0) is 9.97. The van der Waals surface area contributed by atoms with E-state index in [0.717, 1.165) is 24.5 Å². The molecular weight excluding hydrogens is 178 g/mol. The Labute approximate surface area is 84.5 Å². The van der Waals surface area contributed by atoms with Crippen molar-refractivity contribution in [2.24, 2.45) is 5.92 Å². The smallest absolute Gasteiger partial charge is 0.333 e. The van der Waals surface area contributed by atoms with E-state index in [0.29, 0.717) is 6.04 Å². The molecule has 1 aliphatic carbocycles. The quantitative estimate of drug-likeness (QED) is 0.674. The molecule has 0 aromatic heterocycles. The van der Waals surface area contributed by atoms with Crippen molar-refractivity contribution in [3.05, 3.63) is 11.6 Å². The van der Waals surface area contributed by atoms with Gasteiger partial charge in [0.25, 0.3) is 0 Å². The topological polar surface area (TPSA) is 38.3 Å². The Morgan fingerprint density at radius 3 is 2.93 bits per heavy atom. The minimum Gasteiger partial charge on any atom is -0.466 e. The summed E-state index contributed by atoms with van der Waals surface area (Å²) in [6, 6.07) is 0.409. The lowest BCUT2D eigenvalue weighted by atomic mass is 9.78. The van der Waals surface area contributed by atoms with Crippen LogP contribution in [0, 0.1) is 5.92 Å². The summed E-state index contributed by atoms with van der Waals surface area (Å²) in [4.78, 5) is 11.3. The first-order chi connectivity index (χ1) is 6.81. The van der Waals surface area contributed by atoms with Crippen LogP contribution >= 0.6 is 0 Å². The van der Waals surface area contributed by atoms with Crippen LogP contribution in [0.2, 0.25) is 0 Å². The molecule has 78 valence electrons. The third kappa shape index (κ3) is 1.82. The van der Waals surface area contributed by atoms with E-state index in [1.165, 1.54) is 26.4 Å². The molecule has 3 heteroatoms. The summed E-state index contributed by atoms with van der Waals surface area (Å²) in [6.07, 6.45) is 6.80. The van der Waals surface area contributed by atoms with E-state index >= 15 is 0 Å². The van der Waals surface area contributed by atoms with Crippen molar-refractivity contribution >= 4 is 5.97 Å². The van der Waals surface area contributed by atoms with Gasteiger partial charge in [-0.25, -0.2) is 4.79 Å². The van der Waals surface area contributed by atoms with Crippen LogP contribution in [-0.2, 0) is 9.53 Å². The van der Waals surface area contributed by atoms with Crippen molar-refractivity contribution in [2.75, 3.05) is 13.7 Å². The average Bonchev–Trinajstić information content (AvgIpc) is 2.14. The van der Waals surface area contributed by atoms with Gasteiger partial charge in [-0.2, -0.15) is 0 Å². The van der Waals surface area contributed by atoms with Crippen molar-refractivity contribution in [2.45, 2.75) is 31.7 Å². The Morgan fingerprint density at radius 2 is 2.36 bits per heavy atom. The zero-order valence-electron chi connectivity index (χ0n) is 8.58.